The molecule has 1 N–H and O–H groups in total. The van der Waals surface area contributed by atoms with Crippen LogP contribution in [-0.4, -0.2) is 34.4 Å². The van der Waals surface area contributed by atoms with Gasteiger partial charge < -0.3 is 14.8 Å². The summed E-state index contributed by atoms with van der Waals surface area (Å²) in [5, 5.41) is 8.08. The molecule has 1 aromatic heterocycles. The van der Waals surface area contributed by atoms with Crippen molar-refractivity contribution in [1.82, 2.24) is 15.1 Å². The molecule has 0 saturated heterocycles. The highest BCUT2D eigenvalue weighted by atomic mass is 35.5. The minimum atomic E-state index is -0.216. The van der Waals surface area contributed by atoms with Crippen LogP contribution in [0.15, 0.2) is 24.3 Å². The number of aromatic nitrogens is 2. The first-order valence-electron chi connectivity index (χ1n) is 9.26. The molecule has 27 heavy (non-hydrogen) atoms. The first kappa shape index (κ1) is 18.2. The van der Waals surface area contributed by atoms with Gasteiger partial charge in [0.05, 0.1) is 6.04 Å². The number of halogens is 1. The van der Waals surface area contributed by atoms with E-state index in [-0.39, 0.29) is 23.5 Å². The zero-order valence-electron chi connectivity index (χ0n) is 15.8. The highest BCUT2D eigenvalue weighted by molar-refractivity contribution is 6.30. The van der Waals surface area contributed by atoms with Crippen LogP contribution in [-0.2, 0) is 13.0 Å². The number of fused-ring (bicyclic) bond motifs is 2. The van der Waals surface area contributed by atoms with E-state index in [1.807, 2.05) is 12.1 Å². The van der Waals surface area contributed by atoms with E-state index in [9.17, 15) is 4.79 Å². The van der Waals surface area contributed by atoms with Crippen molar-refractivity contribution in [3.63, 3.8) is 0 Å². The van der Waals surface area contributed by atoms with E-state index in [0.29, 0.717) is 29.6 Å². The predicted octanol–water partition coefficient (Wildman–Crippen LogP) is 3.47. The Balaban J connectivity index is 1.44. The number of ether oxygens (including phenoxy) is 2. The van der Waals surface area contributed by atoms with Gasteiger partial charge in [-0.05, 0) is 35.6 Å². The molecule has 0 radical (unpaired) electrons. The van der Waals surface area contributed by atoms with Crippen LogP contribution in [0.4, 0.5) is 0 Å². The van der Waals surface area contributed by atoms with Crippen LogP contribution in [0.5, 0.6) is 11.6 Å². The Labute approximate surface area is 163 Å². The quantitative estimate of drug-likeness (QED) is 0.854. The topological polar surface area (TPSA) is 65.4 Å². The summed E-state index contributed by atoms with van der Waals surface area (Å²) in [5.41, 5.74) is 1.42. The smallest absolute Gasteiger partial charge is 0.272 e. The number of amides is 1. The highest BCUT2D eigenvalue weighted by Gasteiger charge is 2.32. The van der Waals surface area contributed by atoms with Crippen LogP contribution >= 0.6 is 11.6 Å². The van der Waals surface area contributed by atoms with Crippen LogP contribution in [0, 0.1) is 5.41 Å². The molecule has 2 unspecified atom stereocenters. The van der Waals surface area contributed by atoms with Crippen molar-refractivity contribution < 1.29 is 14.3 Å². The second-order valence-electron chi connectivity index (χ2n) is 8.29. The van der Waals surface area contributed by atoms with Crippen LogP contribution in [0.25, 0.3) is 0 Å². The van der Waals surface area contributed by atoms with Gasteiger partial charge in [-0.2, -0.15) is 5.10 Å². The van der Waals surface area contributed by atoms with Crippen LogP contribution in [0.3, 0.4) is 0 Å². The Morgan fingerprint density at radius 3 is 2.93 bits per heavy atom. The molecule has 2 atom stereocenters. The number of carbonyl (C=O) groups is 1. The molecular formula is C20H24ClN3O3. The fourth-order valence-electron chi connectivity index (χ4n) is 3.53. The number of carbonyl (C=O) groups excluding carboxylic acids is 1. The second kappa shape index (κ2) is 6.75. The average Bonchev–Trinajstić information content (AvgIpc) is 3.04. The third kappa shape index (κ3) is 3.76. The van der Waals surface area contributed by atoms with Crippen molar-refractivity contribution in [3.05, 3.63) is 40.5 Å². The third-order valence-corrected chi connectivity index (χ3v) is 5.31. The van der Waals surface area contributed by atoms with E-state index in [1.54, 1.807) is 16.8 Å². The van der Waals surface area contributed by atoms with Crippen molar-refractivity contribution >= 4 is 17.5 Å². The van der Waals surface area contributed by atoms with E-state index in [2.05, 4.69) is 31.2 Å². The van der Waals surface area contributed by atoms with E-state index < -0.39 is 0 Å². The predicted molar refractivity (Wildman–Crippen MR) is 103 cm³/mol. The Morgan fingerprint density at radius 2 is 2.15 bits per heavy atom. The Hall–Kier alpha value is -2.21. The van der Waals surface area contributed by atoms with E-state index >= 15 is 0 Å². The Kier molecular flexibility index (Phi) is 4.54. The number of hydrogen-bond acceptors (Lipinski definition) is 4. The molecular weight excluding hydrogens is 366 g/mol. The van der Waals surface area contributed by atoms with Gasteiger partial charge in [0, 0.05) is 24.1 Å². The molecule has 0 saturated carbocycles. The monoisotopic (exact) mass is 389 g/mol. The van der Waals surface area contributed by atoms with Crippen LogP contribution < -0.4 is 14.8 Å². The molecule has 144 valence electrons. The normalized spacial score (nSPS) is 21.5. The van der Waals surface area contributed by atoms with Gasteiger partial charge >= 0.3 is 0 Å². The fourth-order valence-corrected chi connectivity index (χ4v) is 3.73. The molecule has 1 amide bonds. The third-order valence-electron chi connectivity index (χ3n) is 5.07. The molecule has 6 nitrogen and oxygen atoms in total. The van der Waals surface area contributed by atoms with E-state index in [1.165, 1.54) is 0 Å². The van der Waals surface area contributed by atoms with Gasteiger partial charge in [-0.3, -0.25) is 4.79 Å². The molecule has 0 spiro atoms. The minimum absolute atomic E-state index is 0.0477. The van der Waals surface area contributed by atoms with E-state index in [4.69, 9.17) is 21.1 Å². The van der Waals surface area contributed by atoms with Gasteiger partial charge in [0.2, 0.25) is 5.88 Å². The summed E-state index contributed by atoms with van der Waals surface area (Å²) in [5.74, 6) is 1.26. The standard InChI is InChI=1S/C20H24ClN3O3/c1-20(2,3)17-6-7-24-18(27-17)10-15(23-24)19(25)22-14-9-12-8-13(21)4-5-16(12)26-11-14/h4-5,8,10,14,17H,6-7,9,11H2,1-3H3,(H,22,25). The summed E-state index contributed by atoms with van der Waals surface area (Å²) >= 11 is 6.06. The van der Waals surface area contributed by atoms with Crippen LogP contribution in [0.2, 0.25) is 5.02 Å². The number of rotatable bonds is 2. The summed E-state index contributed by atoms with van der Waals surface area (Å²) in [6, 6.07) is 7.15. The SMILES string of the molecule is CC(C)(C)C1CCn2nc(C(=O)NC3COc4ccc(Cl)cc4C3)cc2O1. The van der Waals surface area contributed by atoms with Crippen molar-refractivity contribution in [2.75, 3.05) is 6.61 Å². The van der Waals surface area contributed by atoms with Gasteiger partial charge in [-0.25, -0.2) is 4.68 Å². The summed E-state index contributed by atoms with van der Waals surface area (Å²) in [6.07, 6.45) is 1.68. The maximum absolute atomic E-state index is 12.7. The first-order valence-corrected chi connectivity index (χ1v) is 9.64. The number of nitrogens with one attached hydrogen (secondary N) is 1. The zero-order chi connectivity index (χ0) is 19.2. The molecule has 1 aromatic carbocycles. The molecule has 7 heteroatoms. The summed E-state index contributed by atoms with van der Waals surface area (Å²) < 4.78 is 13.6. The fraction of sp³-hybridized carbons (Fsp3) is 0.500. The van der Waals surface area contributed by atoms with Crippen molar-refractivity contribution in [2.45, 2.75) is 52.3 Å². The molecule has 2 aromatic rings. The minimum Gasteiger partial charge on any atom is -0.491 e. The van der Waals surface area contributed by atoms with Gasteiger partial charge in [0.1, 0.15) is 18.5 Å². The molecule has 4 rings (SSSR count). The van der Waals surface area contributed by atoms with Crippen molar-refractivity contribution in [1.29, 1.82) is 0 Å². The highest BCUT2D eigenvalue weighted by Crippen LogP contribution is 2.32. The second-order valence-corrected chi connectivity index (χ2v) is 8.73. The van der Waals surface area contributed by atoms with Gasteiger partial charge in [0.25, 0.3) is 5.91 Å². The molecule has 2 aliphatic rings. The summed E-state index contributed by atoms with van der Waals surface area (Å²) in [7, 11) is 0. The van der Waals surface area contributed by atoms with Gasteiger partial charge in [-0.1, -0.05) is 32.4 Å². The molecule has 0 aliphatic carbocycles. The maximum Gasteiger partial charge on any atom is 0.272 e. The average molecular weight is 390 g/mol. The largest absolute Gasteiger partial charge is 0.491 e. The number of aryl methyl sites for hydroxylation is 1. The van der Waals surface area contributed by atoms with Gasteiger partial charge in [-0.15, -0.1) is 0 Å². The van der Waals surface area contributed by atoms with E-state index in [0.717, 1.165) is 24.3 Å². The van der Waals surface area contributed by atoms with Crippen molar-refractivity contribution in [2.24, 2.45) is 5.41 Å². The summed E-state index contributed by atoms with van der Waals surface area (Å²) in [6.45, 7) is 7.65. The number of nitrogens with zero attached hydrogens (tertiary/aromatic N) is 2. The zero-order valence-corrected chi connectivity index (χ0v) is 16.5. The van der Waals surface area contributed by atoms with Crippen LogP contribution in [0.1, 0.15) is 43.2 Å². The lowest BCUT2D eigenvalue weighted by atomic mass is 9.86. The van der Waals surface area contributed by atoms with Crippen molar-refractivity contribution in [3.8, 4) is 11.6 Å². The first-order chi connectivity index (χ1) is 12.8. The number of benzene rings is 1. The molecule has 2 aliphatic heterocycles. The Morgan fingerprint density at radius 1 is 1.33 bits per heavy atom. The Bertz CT molecular complexity index is 872. The lowest BCUT2D eigenvalue weighted by Crippen LogP contribution is -2.42. The molecule has 0 fully saturated rings. The lowest BCUT2D eigenvalue weighted by Gasteiger charge is -2.34. The molecule has 3 heterocycles. The lowest BCUT2D eigenvalue weighted by molar-refractivity contribution is 0.0428. The van der Waals surface area contributed by atoms with Gasteiger partial charge in [0.15, 0.2) is 5.69 Å². The maximum atomic E-state index is 12.7. The number of hydrogen-bond donors (Lipinski definition) is 1. The summed E-state index contributed by atoms with van der Waals surface area (Å²) in [4.78, 5) is 12.7. The molecule has 0 bridgehead atoms.